The smallest absolute Gasteiger partial charge is 0.270 e. The van der Waals surface area contributed by atoms with Gasteiger partial charge in [0.25, 0.3) is 11.2 Å². The first kappa shape index (κ1) is 13.3. The van der Waals surface area contributed by atoms with E-state index in [9.17, 15) is 14.9 Å². The van der Waals surface area contributed by atoms with Crippen molar-refractivity contribution in [3.63, 3.8) is 0 Å². The highest BCUT2D eigenvalue weighted by molar-refractivity contribution is 6.38. The standard InChI is InChI=1S/C15H9ClN2O3/c16-14-11-8-10(18(20)21)6-7-12(11)17-15(19)13(14)9-4-2-1-3-5-9/h1-8H,(H,17,19). The van der Waals surface area contributed by atoms with Gasteiger partial charge < -0.3 is 4.98 Å². The number of aromatic amines is 1. The summed E-state index contributed by atoms with van der Waals surface area (Å²) in [6, 6.07) is 13.1. The van der Waals surface area contributed by atoms with Crippen LogP contribution >= 0.6 is 11.6 Å². The third-order valence-electron chi connectivity index (χ3n) is 3.21. The Balaban J connectivity index is 2.36. The lowest BCUT2D eigenvalue weighted by atomic mass is 10.0. The summed E-state index contributed by atoms with van der Waals surface area (Å²) in [5.41, 5.74) is 1.04. The summed E-state index contributed by atoms with van der Waals surface area (Å²) in [5, 5.41) is 11.5. The van der Waals surface area contributed by atoms with Crippen molar-refractivity contribution in [2.75, 3.05) is 0 Å². The molecule has 3 aromatic rings. The number of hydrogen-bond donors (Lipinski definition) is 1. The maximum absolute atomic E-state index is 12.2. The van der Waals surface area contributed by atoms with Crippen LogP contribution in [0.4, 0.5) is 5.69 Å². The SMILES string of the molecule is O=c1[nH]c2ccc([N+](=O)[O-])cc2c(Cl)c1-c1ccccc1. The third-order valence-corrected chi connectivity index (χ3v) is 3.60. The van der Waals surface area contributed by atoms with Gasteiger partial charge in [0.1, 0.15) is 0 Å². The van der Waals surface area contributed by atoms with Gasteiger partial charge in [-0.15, -0.1) is 0 Å². The molecular formula is C15H9ClN2O3. The van der Waals surface area contributed by atoms with Crippen LogP contribution in [0.15, 0.2) is 53.3 Å². The first-order valence-corrected chi connectivity index (χ1v) is 6.51. The van der Waals surface area contributed by atoms with Gasteiger partial charge in [0.15, 0.2) is 0 Å². The zero-order valence-electron chi connectivity index (χ0n) is 10.7. The van der Waals surface area contributed by atoms with Gasteiger partial charge in [0, 0.05) is 17.5 Å². The molecule has 1 aromatic heterocycles. The van der Waals surface area contributed by atoms with Crippen LogP contribution in [-0.2, 0) is 0 Å². The zero-order valence-corrected chi connectivity index (χ0v) is 11.4. The third kappa shape index (κ3) is 2.28. The van der Waals surface area contributed by atoms with E-state index >= 15 is 0 Å². The van der Waals surface area contributed by atoms with E-state index in [2.05, 4.69) is 4.98 Å². The van der Waals surface area contributed by atoms with E-state index in [1.54, 1.807) is 24.3 Å². The molecule has 1 heterocycles. The molecule has 6 heteroatoms. The molecule has 2 aromatic carbocycles. The van der Waals surface area contributed by atoms with Crippen LogP contribution in [0, 0.1) is 10.1 Å². The molecule has 1 N–H and O–H groups in total. The van der Waals surface area contributed by atoms with Crippen molar-refractivity contribution in [2.24, 2.45) is 0 Å². The maximum atomic E-state index is 12.2. The van der Waals surface area contributed by atoms with Crippen LogP contribution < -0.4 is 5.56 Å². The van der Waals surface area contributed by atoms with E-state index in [0.29, 0.717) is 22.0 Å². The van der Waals surface area contributed by atoms with Gasteiger partial charge in [-0.1, -0.05) is 41.9 Å². The second kappa shape index (κ2) is 5.03. The van der Waals surface area contributed by atoms with Gasteiger partial charge in [0.05, 0.1) is 21.0 Å². The molecule has 0 saturated carbocycles. The van der Waals surface area contributed by atoms with Crippen molar-refractivity contribution >= 4 is 28.2 Å². The van der Waals surface area contributed by atoms with Crippen LogP contribution in [0.5, 0.6) is 0 Å². The van der Waals surface area contributed by atoms with Gasteiger partial charge in [-0.2, -0.15) is 0 Å². The van der Waals surface area contributed by atoms with Crippen LogP contribution in [0.1, 0.15) is 0 Å². The number of H-pyrrole nitrogens is 1. The summed E-state index contributed by atoms with van der Waals surface area (Å²) >= 11 is 6.32. The second-order valence-corrected chi connectivity index (χ2v) is 4.87. The Morgan fingerprint density at radius 1 is 1.10 bits per heavy atom. The molecule has 0 amide bonds. The van der Waals surface area contributed by atoms with Crippen molar-refractivity contribution in [1.29, 1.82) is 0 Å². The number of aromatic nitrogens is 1. The molecular weight excluding hydrogens is 292 g/mol. The largest absolute Gasteiger partial charge is 0.321 e. The average molecular weight is 301 g/mol. The Bertz CT molecular complexity index is 904. The first-order valence-electron chi connectivity index (χ1n) is 6.13. The normalized spacial score (nSPS) is 10.7. The first-order chi connectivity index (χ1) is 10.1. The van der Waals surface area contributed by atoms with E-state index in [1.165, 1.54) is 18.2 Å². The molecule has 104 valence electrons. The van der Waals surface area contributed by atoms with Crippen molar-refractivity contribution < 1.29 is 4.92 Å². The molecule has 0 radical (unpaired) electrons. The number of halogens is 1. The molecule has 3 rings (SSSR count). The minimum Gasteiger partial charge on any atom is -0.321 e. The van der Waals surface area contributed by atoms with E-state index in [4.69, 9.17) is 11.6 Å². The summed E-state index contributed by atoms with van der Waals surface area (Å²) in [6.07, 6.45) is 0. The number of nitro groups is 1. The number of non-ortho nitro benzene ring substituents is 1. The lowest BCUT2D eigenvalue weighted by Gasteiger charge is -2.07. The minimum atomic E-state index is -0.497. The Kier molecular flexibility index (Phi) is 3.19. The lowest BCUT2D eigenvalue weighted by molar-refractivity contribution is -0.384. The van der Waals surface area contributed by atoms with Crippen molar-refractivity contribution in [2.45, 2.75) is 0 Å². The molecule has 0 fully saturated rings. The predicted molar refractivity (Wildman–Crippen MR) is 81.7 cm³/mol. The molecule has 0 bridgehead atoms. The maximum Gasteiger partial charge on any atom is 0.270 e. The van der Waals surface area contributed by atoms with Crippen LogP contribution in [0.25, 0.3) is 22.0 Å². The summed E-state index contributed by atoms with van der Waals surface area (Å²) in [6.45, 7) is 0. The molecule has 0 saturated heterocycles. The molecule has 21 heavy (non-hydrogen) atoms. The van der Waals surface area contributed by atoms with E-state index in [1.807, 2.05) is 6.07 Å². The fourth-order valence-electron chi connectivity index (χ4n) is 2.22. The Morgan fingerprint density at radius 3 is 2.48 bits per heavy atom. The quantitative estimate of drug-likeness (QED) is 0.578. The highest BCUT2D eigenvalue weighted by atomic mass is 35.5. The van der Waals surface area contributed by atoms with Crippen molar-refractivity contribution in [3.8, 4) is 11.1 Å². The number of fused-ring (bicyclic) bond motifs is 1. The topological polar surface area (TPSA) is 76.0 Å². The van der Waals surface area contributed by atoms with E-state index < -0.39 is 4.92 Å². The Morgan fingerprint density at radius 2 is 1.81 bits per heavy atom. The fraction of sp³-hybridized carbons (Fsp3) is 0. The summed E-state index contributed by atoms with van der Waals surface area (Å²) in [5.74, 6) is 0. The Hall–Kier alpha value is -2.66. The molecule has 0 aliphatic heterocycles. The molecule has 0 spiro atoms. The summed E-state index contributed by atoms with van der Waals surface area (Å²) in [4.78, 5) is 25.3. The average Bonchev–Trinajstić information content (AvgIpc) is 2.48. The second-order valence-electron chi connectivity index (χ2n) is 4.50. The summed E-state index contributed by atoms with van der Waals surface area (Å²) < 4.78 is 0. The molecule has 5 nitrogen and oxygen atoms in total. The van der Waals surface area contributed by atoms with Crippen molar-refractivity contribution in [3.05, 3.63) is 74.0 Å². The zero-order chi connectivity index (χ0) is 15.0. The molecule has 0 aliphatic rings. The number of nitrogens with zero attached hydrogens (tertiary/aromatic N) is 1. The van der Waals surface area contributed by atoms with Crippen LogP contribution in [0.3, 0.4) is 0 Å². The molecule has 0 atom stereocenters. The van der Waals surface area contributed by atoms with Crippen LogP contribution in [0.2, 0.25) is 5.02 Å². The predicted octanol–water partition coefficient (Wildman–Crippen LogP) is 3.76. The van der Waals surface area contributed by atoms with Gasteiger partial charge in [0.2, 0.25) is 0 Å². The van der Waals surface area contributed by atoms with Gasteiger partial charge in [-0.3, -0.25) is 14.9 Å². The lowest BCUT2D eigenvalue weighted by Crippen LogP contribution is -2.10. The van der Waals surface area contributed by atoms with Crippen LogP contribution in [-0.4, -0.2) is 9.91 Å². The number of nitro benzene ring substituents is 1. The monoisotopic (exact) mass is 300 g/mol. The minimum absolute atomic E-state index is 0.0736. The number of benzene rings is 2. The number of nitrogens with one attached hydrogen (secondary N) is 1. The highest BCUT2D eigenvalue weighted by Crippen LogP contribution is 2.32. The summed E-state index contributed by atoms with van der Waals surface area (Å²) in [7, 11) is 0. The fourth-order valence-corrected chi connectivity index (χ4v) is 2.57. The van der Waals surface area contributed by atoms with Crippen molar-refractivity contribution in [1.82, 2.24) is 4.98 Å². The highest BCUT2D eigenvalue weighted by Gasteiger charge is 2.15. The van der Waals surface area contributed by atoms with Gasteiger partial charge in [-0.05, 0) is 11.6 Å². The Labute approximate surface area is 124 Å². The van der Waals surface area contributed by atoms with Gasteiger partial charge >= 0.3 is 0 Å². The number of hydrogen-bond acceptors (Lipinski definition) is 3. The van der Waals surface area contributed by atoms with E-state index in [0.717, 1.165) is 0 Å². The number of rotatable bonds is 2. The molecule has 0 aliphatic carbocycles. The van der Waals surface area contributed by atoms with Gasteiger partial charge in [-0.25, -0.2) is 0 Å². The molecule has 0 unspecified atom stereocenters. The number of pyridine rings is 1. The van der Waals surface area contributed by atoms with E-state index in [-0.39, 0.29) is 16.3 Å².